The molecule has 0 saturated heterocycles. The van der Waals surface area contributed by atoms with Crippen LogP contribution in [-0.4, -0.2) is 29.6 Å². The van der Waals surface area contributed by atoms with E-state index >= 15 is 0 Å². The molecule has 1 heterocycles. The van der Waals surface area contributed by atoms with Crippen molar-refractivity contribution in [1.82, 2.24) is 5.01 Å². The highest BCUT2D eigenvalue weighted by atomic mass is 19.1. The zero-order valence-electron chi connectivity index (χ0n) is 13.9. The van der Waals surface area contributed by atoms with Crippen molar-refractivity contribution in [3.8, 4) is 0 Å². The lowest BCUT2D eigenvalue weighted by atomic mass is 10.1. The highest BCUT2D eigenvalue weighted by molar-refractivity contribution is 6.44. The molecule has 0 radical (unpaired) electrons. The van der Waals surface area contributed by atoms with E-state index in [2.05, 4.69) is 5.10 Å². The fraction of sp³-hybridized carbons (Fsp3) is 0.211. The second-order valence-corrected chi connectivity index (χ2v) is 5.80. The van der Waals surface area contributed by atoms with Crippen LogP contribution in [-0.2, 0) is 16.1 Å². The van der Waals surface area contributed by atoms with E-state index in [4.69, 9.17) is 0 Å². The molecular weight excluding hydrogens is 321 g/mol. The van der Waals surface area contributed by atoms with E-state index in [-0.39, 0.29) is 30.1 Å². The van der Waals surface area contributed by atoms with Gasteiger partial charge in [0.25, 0.3) is 5.91 Å². The number of hydrazone groups is 1. The maximum absolute atomic E-state index is 13.9. The van der Waals surface area contributed by atoms with E-state index in [0.29, 0.717) is 6.54 Å². The van der Waals surface area contributed by atoms with E-state index < -0.39 is 11.7 Å². The van der Waals surface area contributed by atoms with Crippen molar-refractivity contribution in [2.45, 2.75) is 19.4 Å². The van der Waals surface area contributed by atoms with Crippen LogP contribution in [0.3, 0.4) is 0 Å². The predicted molar refractivity (Wildman–Crippen MR) is 93.5 cm³/mol. The number of halogens is 1. The monoisotopic (exact) mass is 339 g/mol. The van der Waals surface area contributed by atoms with Gasteiger partial charge in [-0.05, 0) is 17.7 Å². The summed E-state index contributed by atoms with van der Waals surface area (Å²) in [5.41, 5.74) is 1.36. The Balaban J connectivity index is 1.81. The Morgan fingerprint density at radius 2 is 1.80 bits per heavy atom. The molecule has 0 saturated carbocycles. The molecule has 1 aliphatic heterocycles. The van der Waals surface area contributed by atoms with Gasteiger partial charge in [-0.25, -0.2) is 9.40 Å². The Morgan fingerprint density at radius 1 is 1.12 bits per heavy atom. The number of rotatable bonds is 4. The van der Waals surface area contributed by atoms with Gasteiger partial charge < -0.3 is 4.90 Å². The molecule has 0 atom stereocenters. The van der Waals surface area contributed by atoms with Crippen LogP contribution in [0.5, 0.6) is 0 Å². The molecule has 0 aliphatic carbocycles. The summed E-state index contributed by atoms with van der Waals surface area (Å²) >= 11 is 0. The number of carbonyl (C=O) groups is 2. The van der Waals surface area contributed by atoms with Gasteiger partial charge in [0.05, 0.1) is 12.2 Å². The molecule has 2 aromatic carbocycles. The first-order chi connectivity index (χ1) is 12.1. The zero-order chi connectivity index (χ0) is 17.8. The molecule has 0 bridgehead atoms. The van der Waals surface area contributed by atoms with Crippen molar-refractivity contribution in [3.05, 3.63) is 66.0 Å². The first-order valence-electron chi connectivity index (χ1n) is 8.00. The molecule has 5 nitrogen and oxygen atoms in total. The summed E-state index contributed by atoms with van der Waals surface area (Å²) in [5, 5.41) is 5.53. The first kappa shape index (κ1) is 16.8. The fourth-order valence-electron chi connectivity index (χ4n) is 2.66. The topological polar surface area (TPSA) is 53.0 Å². The smallest absolute Gasteiger partial charge is 0.274 e. The van der Waals surface area contributed by atoms with Crippen LogP contribution in [0.25, 0.3) is 0 Å². The van der Waals surface area contributed by atoms with Crippen LogP contribution >= 0.6 is 0 Å². The van der Waals surface area contributed by atoms with Gasteiger partial charge in [-0.2, -0.15) is 5.10 Å². The van der Waals surface area contributed by atoms with Crippen molar-refractivity contribution in [2.24, 2.45) is 5.10 Å². The van der Waals surface area contributed by atoms with Gasteiger partial charge >= 0.3 is 0 Å². The number of nitrogens with zero attached hydrogens (tertiary/aromatic N) is 3. The lowest BCUT2D eigenvalue weighted by Crippen LogP contribution is -2.40. The summed E-state index contributed by atoms with van der Waals surface area (Å²) in [6.07, 6.45) is 0.463. The van der Waals surface area contributed by atoms with E-state index in [1.807, 2.05) is 30.3 Å². The zero-order valence-corrected chi connectivity index (χ0v) is 13.9. The van der Waals surface area contributed by atoms with Crippen LogP contribution in [0, 0.1) is 5.82 Å². The molecule has 0 aromatic heterocycles. The highest BCUT2D eigenvalue weighted by Gasteiger charge is 2.27. The van der Waals surface area contributed by atoms with Crippen LogP contribution in [0.4, 0.5) is 10.1 Å². The van der Waals surface area contributed by atoms with Gasteiger partial charge in [-0.3, -0.25) is 9.59 Å². The Hall–Kier alpha value is -3.02. The summed E-state index contributed by atoms with van der Waals surface area (Å²) in [7, 11) is 1.50. The molecule has 2 aromatic rings. The Labute approximate surface area is 145 Å². The number of hydrogen-bond donors (Lipinski definition) is 0. The van der Waals surface area contributed by atoms with Gasteiger partial charge in [0, 0.05) is 19.9 Å². The number of benzene rings is 2. The lowest BCUT2D eigenvalue weighted by molar-refractivity contribution is -0.132. The van der Waals surface area contributed by atoms with E-state index in [0.717, 1.165) is 5.56 Å². The molecule has 1 aliphatic rings. The number of amides is 2. The summed E-state index contributed by atoms with van der Waals surface area (Å²) in [6, 6.07) is 15.5. The third kappa shape index (κ3) is 3.74. The fourth-order valence-corrected chi connectivity index (χ4v) is 2.66. The number of para-hydroxylation sites is 1. The Bertz CT molecular complexity index is 820. The second kappa shape index (κ2) is 7.25. The summed E-state index contributed by atoms with van der Waals surface area (Å²) in [4.78, 5) is 26.0. The maximum Gasteiger partial charge on any atom is 0.274 e. The van der Waals surface area contributed by atoms with Gasteiger partial charge in [0.2, 0.25) is 5.91 Å². The molecule has 0 N–H and O–H groups in total. The molecular formula is C19H18FN3O2. The molecule has 6 heteroatoms. The minimum Gasteiger partial charge on any atom is -0.308 e. The maximum atomic E-state index is 13.9. The largest absolute Gasteiger partial charge is 0.308 e. The SMILES string of the molecule is CN(C(=O)C1=NN(Cc2ccccc2)C(=O)CC1)c1ccccc1F. The Kier molecular flexibility index (Phi) is 4.88. The number of anilines is 1. The first-order valence-corrected chi connectivity index (χ1v) is 8.00. The van der Waals surface area contributed by atoms with E-state index in [9.17, 15) is 14.0 Å². The average Bonchev–Trinajstić information content (AvgIpc) is 2.64. The van der Waals surface area contributed by atoms with Gasteiger partial charge in [0.15, 0.2) is 0 Å². The Morgan fingerprint density at radius 3 is 2.52 bits per heavy atom. The lowest BCUT2D eigenvalue weighted by Gasteiger charge is -2.25. The van der Waals surface area contributed by atoms with Crippen LogP contribution in [0.15, 0.2) is 59.7 Å². The highest BCUT2D eigenvalue weighted by Crippen LogP contribution is 2.20. The molecule has 3 rings (SSSR count). The van der Waals surface area contributed by atoms with E-state index in [1.54, 1.807) is 12.1 Å². The van der Waals surface area contributed by atoms with Crippen molar-refractivity contribution in [2.75, 3.05) is 11.9 Å². The molecule has 128 valence electrons. The molecule has 0 spiro atoms. The van der Waals surface area contributed by atoms with Gasteiger partial charge in [0.1, 0.15) is 11.5 Å². The van der Waals surface area contributed by atoms with Crippen LogP contribution < -0.4 is 4.90 Å². The summed E-state index contributed by atoms with van der Waals surface area (Å²) < 4.78 is 13.9. The van der Waals surface area contributed by atoms with Crippen LogP contribution in [0.2, 0.25) is 0 Å². The quantitative estimate of drug-likeness (QED) is 0.860. The number of hydrogen-bond acceptors (Lipinski definition) is 3. The average molecular weight is 339 g/mol. The van der Waals surface area contributed by atoms with Gasteiger partial charge in [-0.15, -0.1) is 0 Å². The predicted octanol–water partition coefficient (Wildman–Crippen LogP) is 2.97. The summed E-state index contributed by atoms with van der Waals surface area (Å²) in [5.74, 6) is -1.02. The minimum absolute atomic E-state index is 0.131. The molecule has 2 amide bonds. The van der Waals surface area contributed by atoms with Crippen molar-refractivity contribution >= 4 is 23.2 Å². The second-order valence-electron chi connectivity index (χ2n) is 5.80. The standard InChI is InChI=1S/C19H18FN3O2/c1-22(17-10-6-5-9-15(17)20)19(25)16-11-12-18(24)23(21-16)13-14-7-3-2-4-8-14/h2-10H,11-13H2,1H3. The van der Waals surface area contributed by atoms with Crippen LogP contribution in [0.1, 0.15) is 18.4 Å². The third-order valence-electron chi connectivity index (χ3n) is 4.05. The molecule has 0 fully saturated rings. The summed E-state index contributed by atoms with van der Waals surface area (Å²) in [6.45, 7) is 0.305. The normalized spacial score (nSPS) is 14.2. The van der Waals surface area contributed by atoms with Gasteiger partial charge in [-0.1, -0.05) is 42.5 Å². The third-order valence-corrected chi connectivity index (χ3v) is 4.05. The van der Waals surface area contributed by atoms with E-state index in [1.165, 1.54) is 29.1 Å². The van der Waals surface area contributed by atoms with Crippen molar-refractivity contribution in [1.29, 1.82) is 0 Å². The molecule has 25 heavy (non-hydrogen) atoms. The number of carbonyl (C=O) groups excluding carboxylic acids is 2. The molecule has 0 unspecified atom stereocenters. The minimum atomic E-state index is -0.480. The van der Waals surface area contributed by atoms with Crippen molar-refractivity contribution in [3.63, 3.8) is 0 Å². The van der Waals surface area contributed by atoms with Crippen molar-refractivity contribution < 1.29 is 14.0 Å².